The van der Waals surface area contributed by atoms with Gasteiger partial charge < -0.3 is 4.74 Å². The lowest BCUT2D eigenvalue weighted by atomic mass is 9.97. The summed E-state index contributed by atoms with van der Waals surface area (Å²) in [5.41, 5.74) is 5.65. The second-order valence-corrected chi connectivity index (χ2v) is 6.06. The van der Waals surface area contributed by atoms with Crippen LogP contribution in [0.3, 0.4) is 0 Å². The molecule has 3 aromatic carbocycles. The van der Waals surface area contributed by atoms with Crippen LogP contribution in [0.4, 0.5) is 5.69 Å². The molecule has 0 bridgehead atoms. The minimum absolute atomic E-state index is 0.0472. The number of carbonyl (C=O) groups excluding carboxylic acids is 1. The molecule has 0 heterocycles. The lowest BCUT2D eigenvalue weighted by Crippen LogP contribution is -2.11. The van der Waals surface area contributed by atoms with E-state index in [1.807, 2.05) is 72.9 Å². The lowest BCUT2D eigenvalue weighted by Gasteiger charge is -2.13. The summed E-state index contributed by atoms with van der Waals surface area (Å²) in [7, 11) is 0. The van der Waals surface area contributed by atoms with Crippen molar-refractivity contribution in [3.8, 4) is 0 Å². The summed E-state index contributed by atoms with van der Waals surface area (Å²) in [6, 6.07) is 28.9. The number of nitrogens with one attached hydrogen (secondary N) is 1. The number of anilines is 1. The van der Waals surface area contributed by atoms with Crippen molar-refractivity contribution in [2.75, 3.05) is 12.0 Å². The lowest BCUT2D eigenvalue weighted by molar-refractivity contribution is 0.0498. The third-order valence-corrected chi connectivity index (χ3v) is 4.12. The third kappa shape index (κ3) is 5.82. The van der Waals surface area contributed by atoms with Gasteiger partial charge in [0.1, 0.15) is 0 Å². The molecule has 27 heavy (non-hydrogen) atoms. The van der Waals surface area contributed by atoms with Crippen LogP contribution in [0.5, 0.6) is 0 Å². The Morgan fingerprint density at radius 2 is 1.48 bits per heavy atom. The molecule has 0 aliphatic carbocycles. The van der Waals surface area contributed by atoms with Crippen molar-refractivity contribution in [2.24, 2.45) is 5.10 Å². The summed E-state index contributed by atoms with van der Waals surface area (Å²) in [5, 5.41) is 4.36. The van der Waals surface area contributed by atoms with Crippen molar-refractivity contribution in [2.45, 2.75) is 12.3 Å². The van der Waals surface area contributed by atoms with E-state index < -0.39 is 0 Å². The summed E-state index contributed by atoms with van der Waals surface area (Å²) >= 11 is 0. The Kier molecular flexibility index (Phi) is 6.76. The van der Waals surface area contributed by atoms with Crippen LogP contribution >= 0.6 is 0 Å². The Morgan fingerprint density at radius 3 is 2.15 bits per heavy atom. The molecular formula is C23H22N2O2. The van der Waals surface area contributed by atoms with Gasteiger partial charge in [0.05, 0.1) is 17.9 Å². The topological polar surface area (TPSA) is 50.7 Å². The van der Waals surface area contributed by atoms with Gasteiger partial charge >= 0.3 is 5.97 Å². The summed E-state index contributed by atoms with van der Waals surface area (Å²) in [4.78, 5) is 12.1. The number of hydrogen-bond acceptors (Lipinski definition) is 4. The molecule has 1 unspecified atom stereocenters. The molecule has 0 saturated heterocycles. The number of rotatable bonds is 8. The average molecular weight is 358 g/mol. The van der Waals surface area contributed by atoms with Crippen LogP contribution in [0, 0.1) is 0 Å². The van der Waals surface area contributed by atoms with Crippen molar-refractivity contribution in [3.63, 3.8) is 0 Å². The van der Waals surface area contributed by atoms with Crippen molar-refractivity contribution in [1.29, 1.82) is 0 Å². The zero-order valence-corrected chi connectivity index (χ0v) is 15.0. The fraction of sp³-hybridized carbons (Fsp3) is 0.130. The largest absolute Gasteiger partial charge is 0.462 e. The summed E-state index contributed by atoms with van der Waals surface area (Å²) in [5.74, 6) is -0.257. The molecule has 4 heteroatoms. The van der Waals surface area contributed by atoms with Crippen LogP contribution in [0.2, 0.25) is 0 Å². The maximum Gasteiger partial charge on any atom is 0.338 e. The Morgan fingerprint density at radius 1 is 0.889 bits per heavy atom. The summed E-state index contributed by atoms with van der Waals surface area (Å²) < 4.78 is 5.42. The average Bonchev–Trinajstić information content (AvgIpc) is 2.74. The number of ether oxygens (including phenoxy) is 1. The first-order valence-corrected chi connectivity index (χ1v) is 8.94. The van der Waals surface area contributed by atoms with Gasteiger partial charge in [-0.3, -0.25) is 5.43 Å². The van der Waals surface area contributed by atoms with Crippen LogP contribution < -0.4 is 5.43 Å². The normalized spacial score (nSPS) is 11.9. The fourth-order valence-corrected chi connectivity index (χ4v) is 2.68. The third-order valence-electron chi connectivity index (χ3n) is 4.12. The molecule has 1 atom stereocenters. The first-order chi connectivity index (χ1) is 13.3. The first kappa shape index (κ1) is 18.4. The molecule has 0 amide bonds. The van der Waals surface area contributed by atoms with Crippen LogP contribution in [0.15, 0.2) is 96.1 Å². The molecule has 0 spiro atoms. The SMILES string of the molecule is O=C(OCCC(/C=N/Nc1ccccc1)c1ccccc1)c1ccccc1. The highest BCUT2D eigenvalue weighted by Crippen LogP contribution is 2.18. The molecule has 0 fully saturated rings. The summed E-state index contributed by atoms with van der Waals surface area (Å²) in [6.07, 6.45) is 2.52. The Labute approximate surface area is 159 Å². The molecule has 0 radical (unpaired) electrons. The van der Waals surface area contributed by atoms with Gasteiger partial charge in [-0.2, -0.15) is 5.10 Å². The van der Waals surface area contributed by atoms with E-state index in [1.165, 1.54) is 0 Å². The van der Waals surface area contributed by atoms with Gasteiger partial charge in [-0.15, -0.1) is 0 Å². The molecular weight excluding hydrogens is 336 g/mol. The number of nitrogens with zero attached hydrogens (tertiary/aromatic N) is 1. The van der Waals surface area contributed by atoms with E-state index in [9.17, 15) is 4.79 Å². The molecule has 0 aromatic heterocycles. The van der Waals surface area contributed by atoms with Gasteiger partial charge in [0.2, 0.25) is 0 Å². The zero-order chi connectivity index (χ0) is 18.7. The van der Waals surface area contributed by atoms with Crippen LogP contribution in [0.1, 0.15) is 28.3 Å². The monoisotopic (exact) mass is 358 g/mol. The van der Waals surface area contributed by atoms with Gasteiger partial charge in [0.25, 0.3) is 0 Å². The van der Waals surface area contributed by atoms with Gasteiger partial charge in [-0.25, -0.2) is 4.79 Å². The highest BCUT2D eigenvalue weighted by Gasteiger charge is 2.11. The van der Waals surface area contributed by atoms with E-state index >= 15 is 0 Å². The van der Waals surface area contributed by atoms with Crippen LogP contribution in [0.25, 0.3) is 0 Å². The summed E-state index contributed by atoms with van der Waals surface area (Å²) in [6.45, 7) is 0.324. The van der Waals surface area contributed by atoms with Crippen molar-refractivity contribution >= 4 is 17.9 Å². The predicted molar refractivity (Wildman–Crippen MR) is 109 cm³/mol. The molecule has 1 N–H and O–H groups in total. The highest BCUT2D eigenvalue weighted by atomic mass is 16.5. The smallest absolute Gasteiger partial charge is 0.338 e. The van der Waals surface area contributed by atoms with Crippen molar-refractivity contribution in [1.82, 2.24) is 0 Å². The van der Waals surface area contributed by atoms with Crippen molar-refractivity contribution < 1.29 is 9.53 Å². The molecule has 0 saturated carbocycles. The van der Waals surface area contributed by atoms with Crippen LogP contribution in [-0.2, 0) is 4.74 Å². The fourth-order valence-electron chi connectivity index (χ4n) is 2.68. The second-order valence-electron chi connectivity index (χ2n) is 6.06. The maximum absolute atomic E-state index is 12.1. The number of esters is 1. The standard InChI is InChI=1S/C23H22N2O2/c26-23(20-12-6-2-7-13-20)27-17-16-21(19-10-4-1-5-11-19)18-24-25-22-14-8-3-9-15-22/h1-15,18,21,25H,16-17H2/b24-18+. The Bertz CT molecular complexity index is 849. The molecule has 4 nitrogen and oxygen atoms in total. The minimum atomic E-state index is -0.304. The van der Waals surface area contributed by atoms with E-state index in [0.29, 0.717) is 18.6 Å². The number of benzene rings is 3. The molecule has 3 aromatic rings. The molecule has 136 valence electrons. The minimum Gasteiger partial charge on any atom is -0.462 e. The number of hydrazone groups is 1. The van der Waals surface area contributed by atoms with Crippen molar-refractivity contribution in [3.05, 3.63) is 102 Å². The van der Waals surface area contributed by atoms with Gasteiger partial charge in [0, 0.05) is 12.1 Å². The van der Waals surface area contributed by atoms with Gasteiger partial charge in [-0.05, 0) is 36.2 Å². The second kappa shape index (κ2) is 9.92. The van der Waals surface area contributed by atoms with E-state index in [2.05, 4.69) is 22.7 Å². The number of para-hydroxylation sites is 1. The molecule has 0 aliphatic rings. The number of hydrogen-bond donors (Lipinski definition) is 1. The van der Waals surface area contributed by atoms with Gasteiger partial charge in [0.15, 0.2) is 0 Å². The van der Waals surface area contributed by atoms with Crippen LogP contribution in [-0.4, -0.2) is 18.8 Å². The van der Waals surface area contributed by atoms with E-state index in [-0.39, 0.29) is 11.9 Å². The predicted octanol–water partition coefficient (Wildman–Crippen LogP) is 5.12. The Hall–Kier alpha value is -3.40. The Balaban J connectivity index is 1.59. The number of carbonyl (C=O) groups is 1. The quantitative estimate of drug-likeness (QED) is 0.346. The zero-order valence-electron chi connectivity index (χ0n) is 15.0. The molecule has 0 aliphatic heterocycles. The van der Waals surface area contributed by atoms with E-state index in [4.69, 9.17) is 4.74 Å². The highest BCUT2D eigenvalue weighted by molar-refractivity contribution is 5.89. The first-order valence-electron chi connectivity index (χ1n) is 8.94. The van der Waals surface area contributed by atoms with Gasteiger partial charge in [-0.1, -0.05) is 66.7 Å². The molecule has 3 rings (SSSR count). The van der Waals surface area contributed by atoms with E-state index in [1.54, 1.807) is 12.1 Å². The maximum atomic E-state index is 12.1. The van der Waals surface area contributed by atoms with E-state index in [0.717, 1.165) is 11.3 Å².